The Balaban J connectivity index is 2.14. The molecule has 1 saturated heterocycles. The summed E-state index contributed by atoms with van der Waals surface area (Å²) in [5.74, 6) is -1.07. The molecule has 0 aromatic carbocycles. The fourth-order valence-electron chi connectivity index (χ4n) is 3.43. The number of ether oxygens (including phenoxy) is 2. The molecule has 0 aromatic rings. The van der Waals surface area contributed by atoms with Crippen molar-refractivity contribution in [1.29, 1.82) is 0 Å². The molecule has 2 rings (SSSR count). The minimum Gasteiger partial charge on any atom is -0.396 e. The summed E-state index contributed by atoms with van der Waals surface area (Å²) < 4.78 is 10.5. The van der Waals surface area contributed by atoms with Crippen LogP contribution in [0.25, 0.3) is 0 Å². The van der Waals surface area contributed by atoms with Gasteiger partial charge < -0.3 is 50.5 Å². The van der Waals surface area contributed by atoms with Crippen LogP contribution in [0.2, 0.25) is 0 Å². The molecule has 0 radical (unpaired) electrons. The van der Waals surface area contributed by atoms with E-state index in [0.717, 1.165) is 0 Å². The van der Waals surface area contributed by atoms with Gasteiger partial charge in [-0.1, -0.05) is 0 Å². The number of hydrogen-bond donors (Lipinski definition) is 8. The zero-order valence-corrected chi connectivity index (χ0v) is 13.3. The van der Waals surface area contributed by atoms with Crippen molar-refractivity contribution in [1.82, 2.24) is 5.32 Å². The average molecular weight is 353 g/mol. The molecule has 2 aliphatic rings. The summed E-state index contributed by atoms with van der Waals surface area (Å²) >= 11 is 0. The van der Waals surface area contributed by atoms with E-state index in [0.29, 0.717) is 0 Å². The number of methoxy groups -OCH3 is 1. The molecule has 0 aromatic heterocycles. The molecular weight excluding hydrogens is 326 g/mol. The first-order valence-corrected chi connectivity index (χ1v) is 7.92. The fourth-order valence-corrected chi connectivity index (χ4v) is 3.43. The Morgan fingerprint density at radius 1 is 0.917 bits per heavy atom. The third-order valence-corrected chi connectivity index (χ3v) is 4.93. The van der Waals surface area contributed by atoms with Gasteiger partial charge in [-0.25, -0.2) is 0 Å². The topological polar surface area (TPSA) is 172 Å². The molecule has 10 heteroatoms. The van der Waals surface area contributed by atoms with Crippen LogP contribution in [0, 0.1) is 5.92 Å². The lowest BCUT2D eigenvalue weighted by Crippen LogP contribution is -2.70. The van der Waals surface area contributed by atoms with Gasteiger partial charge in [0.15, 0.2) is 6.29 Å². The van der Waals surface area contributed by atoms with Crippen LogP contribution in [0.3, 0.4) is 0 Å². The normalized spacial score (nSPS) is 50.0. The molecule has 1 saturated carbocycles. The average Bonchev–Trinajstić information content (AvgIpc) is 2.57. The summed E-state index contributed by atoms with van der Waals surface area (Å²) in [6.45, 7) is -1.04. The molecule has 10 unspecified atom stereocenters. The predicted octanol–water partition coefficient (Wildman–Crippen LogP) is -4.51. The summed E-state index contributed by atoms with van der Waals surface area (Å²) in [4.78, 5) is 0. The number of hydrogen-bond acceptors (Lipinski definition) is 10. The Hall–Kier alpha value is -0.400. The summed E-state index contributed by atoms with van der Waals surface area (Å²) in [6.07, 6.45) is -8.45. The van der Waals surface area contributed by atoms with Crippen LogP contribution in [0.4, 0.5) is 0 Å². The van der Waals surface area contributed by atoms with Crippen LogP contribution in [0.15, 0.2) is 0 Å². The number of aliphatic hydroxyl groups is 7. The van der Waals surface area contributed by atoms with E-state index in [1.165, 1.54) is 7.11 Å². The van der Waals surface area contributed by atoms with Crippen molar-refractivity contribution in [3.8, 4) is 0 Å². The number of nitrogens with one attached hydrogen (secondary N) is 1. The largest absolute Gasteiger partial charge is 0.396 e. The van der Waals surface area contributed by atoms with Crippen molar-refractivity contribution in [2.24, 2.45) is 5.92 Å². The third-order valence-electron chi connectivity index (χ3n) is 4.93. The standard InChI is InChI=1S/C14H27NO9/c1-23-8-2-6(18)9(7(4-17)24-8)15-10-11(19)5(3-16)12(20)14(22)13(10)21/h5-22H,2-4H2,1H3. The molecule has 0 amide bonds. The Labute approximate surface area is 139 Å². The molecule has 24 heavy (non-hydrogen) atoms. The van der Waals surface area contributed by atoms with E-state index in [1.54, 1.807) is 0 Å². The van der Waals surface area contributed by atoms with Crippen LogP contribution < -0.4 is 5.32 Å². The van der Waals surface area contributed by atoms with Crippen LogP contribution in [-0.2, 0) is 9.47 Å². The summed E-state index contributed by atoms with van der Waals surface area (Å²) in [7, 11) is 1.40. The first kappa shape index (κ1) is 19.9. The molecule has 2 fully saturated rings. The molecule has 1 heterocycles. The Morgan fingerprint density at radius 2 is 1.58 bits per heavy atom. The molecule has 10 nitrogen and oxygen atoms in total. The first-order valence-electron chi connectivity index (χ1n) is 7.92. The highest BCUT2D eigenvalue weighted by molar-refractivity contribution is 5.04. The van der Waals surface area contributed by atoms with Crippen molar-refractivity contribution >= 4 is 0 Å². The lowest BCUT2D eigenvalue weighted by atomic mass is 9.76. The van der Waals surface area contributed by atoms with Gasteiger partial charge in [-0.15, -0.1) is 0 Å². The molecule has 10 atom stereocenters. The smallest absolute Gasteiger partial charge is 0.160 e. The summed E-state index contributed by atoms with van der Waals surface area (Å²) in [5, 5.41) is 72.0. The Morgan fingerprint density at radius 3 is 2.12 bits per heavy atom. The second-order valence-corrected chi connectivity index (χ2v) is 6.35. The van der Waals surface area contributed by atoms with E-state index < -0.39 is 74.1 Å². The zero-order valence-electron chi connectivity index (χ0n) is 13.3. The van der Waals surface area contributed by atoms with E-state index in [2.05, 4.69) is 5.32 Å². The fraction of sp³-hybridized carbons (Fsp3) is 1.00. The van der Waals surface area contributed by atoms with Gasteiger partial charge in [0.1, 0.15) is 18.3 Å². The summed E-state index contributed by atoms with van der Waals surface area (Å²) in [5.41, 5.74) is 0. The highest BCUT2D eigenvalue weighted by Crippen LogP contribution is 2.29. The Bertz CT molecular complexity index is 400. The lowest BCUT2D eigenvalue weighted by Gasteiger charge is -2.47. The maximum Gasteiger partial charge on any atom is 0.160 e. The van der Waals surface area contributed by atoms with Gasteiger partial charge in [0.25, 0.3) is 0 Å². The maximum atomic E-state index is 10.3. The quantitative estimate of drug-likeness (QED) is 0.241. The van der Waals surface area contributed by atoms with E-state index in [9.17, 15) is 35.7 Å². The molecule has 0 bridgehead atoms. The SMILES string of the molecule is COC1CC(O)C(NC2C(O)C(O)C(O)C(CO)C2O)C(CO)O1. The van der Waals surface area contributed by atoms with Gasteiger partial charge in [0.05, 0.1) is 43.6 Å². The second-order valence-electron chi connectivity index (χ2n) is 6.35. The minimum absolute atomic E-state index is 0.109. The Kier molecular flexibility index (Phi) is 6.90. The van der Waals surface area contributed by atoms with Gasteiger partial charge in [-0.3, -0.25) is 0 Å². The molecule has 8 N–H and O–H groups in total. The van der Waals surface area contributed by atoms with Crippen molar-refractivity contribution in [2.45, 2.75) is 61.4 Å². The van der Waals surface area contributed by atoms with E-state index in [1.807, 2.05) is 0 Å². The lowest BCUT2D eigenvalue weighted by molar-refractivity contribution is -0.229. The minimum atomic E-state index is -1.58. The molecule has 0 spiro atoms. The predicted molar refractivity (Wildman–Crippen MR) is 78.7 cm³/mol. The van der Waals surface area contributed by atoms with Gasteiger partial charge in [-0.05, 0) is 0 Å². The molecule has 1 aliphatic heterocycles. The van der Waals surface area contributed by atoms with Gasteiger partial charge in [-0.2, -0.15) is 0 Å². The van der Waals surface area contributed by atoms with Crippen molar-refractivity contribution in [3.63, 3.8) is 0 Å². The van der Waals surface area contributed by atoms with Gasteiger partial charge in [0.2, 0.25) is 0 Å². The highest BCUT2D eigenvalue weighted by atomic mass is 16.7. The van der Waals surface area contributed by atoms with Crippen LogP contribution in [0.1, 0.15) is 6.42 Å². The molecule has 1 aliphatic carbocycles. The van der Waals surface area contributed by atoms with E-state index >= 15 is 0 Å². The number of aliphatic hydroxyl groups excluding tert-OH is 7. The number of rotatable bonds is 5. The summed E-state index contributed by atoms with van der Waals surface area (Å²) in [6, 6.07) is -1.99. The van der Waals surface area contributed by atoms with E-state index in [-0.39, 0.29) is 6.42 Å². The highest BCUT2D eigenvalue weighted by Gasteiger charge is 2.50. The van der Waals surface area contributed by atoms with E-state index in [4.69, 9.17) is 9.47 Å². The van der Waals surface area contributed by atoms with Crippen molar-refractivity contribution in [3.05, 3.63) is 0 Å². The molecule has 142 valence electrons. The monoisotopic (exact) mass is 353 g/mol. The zero-order chi connectivity index (χ0) is 18.0. The van der Waals surface area contributed by atoms with Crippen LogP contribution in [-0.4, -0.2) is 111 Å². The van der Waals surface area contributed by atoms with Gasteiger partial charge in [0, 0.05) is 19.4 Å². The van der Waals surface area contributed by atoms with Crippen LogP contribution >= 0.6 is 0 Å². The van der Waals surface area contributed by atoms with Crippen LogP contribution in [0.5, 0.6) is 0 Å². The van der Waals surface area contributed by atoms with Gasteiger partial charge >= 0.3 is 0 Å². The van der Waals surface area contributed by atoms with Crippen molar-refractivity contribution < 1.29 is 45.2 Å². The third kappa shape index (κ3) is 3.73. The first-order chi connectivity index (χ1) is 11.3. The molecular formula is C14H27NO9. The maximum absolute atomic E-state index is 10.3. The second kappa shape index (κ2) is 8.32. The van der Waals surface area contributed by atoms with Crippen molar-refractivity contribution in [2.75, 3.05) is 20.3 Å².